The molecule has 11 nitrogen and oxygen atoms in total. The maximum atomic E-state index is 14.8. The number of carbonyl (C=O) groups is 2. The van der Waals surface area contributed by atoms with Crippen LogP contribution in [0, 0.1) is 17.3 Å². The molecule has 0 radical (unpaired) electrons. The van der Waals surface area contributed by atoms with Gasteiger partial charge < -0.3 is 14.8 Å². The molecular formula is C25H22FN9O2. The molecule has 1 saturated heterocycles. The molecule has 1 N–H and O–H groups in total. The number of benzene rings is 1. The molecule has 0 bridgehead atoms. The van der Waals surface area contributed by atoms with E-state index in [2.05, 4.69) is 25.3 Å². The first-order valence-electron chi connectivity index (χ1n) is 11.7. The van der Waals surface area contributed by atoms with Crippen LogP contribution in [0.2, 0.25) is 0 Å². The predicted octanol–water partition coefficient (Wildman–Crippen LogP) is 2.32. The topological polar surface area (TPSA) is 136 Å². The van der Waals surface area contributed by atoms with E-state index in [1.54, 1.807) is 0 Å². The molecule has 4 heterocycles. The van der Waals surface area contributed by atoms with Gasteiger partial charge in [0.25, 0.3) is 11.7 Å². The third-order valence-corrected chi connectivity index (χ3v) is 6.42. The van der Waals surface area contributed by atoms with Gasteiger partial charge in [0.05, 0.1) is 35.1 Å². The van der Waals surface area contributed by atoms with Crippen LogP contribution in [0.5, 0.6) is 0 Å². The molecule has 37 heavy (non-hydrogen) atoms. The molecule has 1 aliphatic rings. The highest BCUT2D eigenvalue weighted by molar-refractivity contribution is 6.45. The second kappa shape index (κ2) is 9.98. The maximum absolute atomic E-state index is 14.8. The number of hydrogen-bond donors (Lipinski definition) is 1. The van der Waals surface area contributed by atoms with E-state index in [0.717, 1.165) is 11.8 Å². The number of rotatable bonds is 5. The largest absolute Gasteiger partial charge is 0.357 e. The lowest BCUT2D eigenvalue weighted by Crippen LogP contribution is -2.57. The summed E-state index contributed by atoms with van der Waals surface area (Å²) < 4.78 is 16.2. The quantitative estimate of drug-likeness (QED) is 0.146. The fraction of sp³-hybridized carbons (Fsp3) is 0.240. The standard InChI is InChI=1S/C25H22FN9O2/c1-2-17-14-33(23(30-15-27)16-6-4-3-5-7-16)10-11-34(17)25(37)22(36)18-12-28-21-20(18)19(26)13-29-24(21)35-9-8-31-32-35/h3-9,12-13,17,28H,2,10-11,14H2,1H3/t17-/m1/s1. The number of aromatic nitrogens is 5. The van der Waals surface area contributed by atoms with Crippen LogP contribution in [0.25, 0.3) is 16.7 Å². The zero-order valence-electron chi connectivity index (χ0n) is 19.9. The lowest BCUT2D eigenvalue weighted by molar-refractivity contribution is -0.130. The number of aromatic amines is 1. The molecule has 3 aromatic heterocycles. The van der Waals surface area contributed by atoms with Gasteiger partial charge in [0.15, 0.2) is 11.6 Å². The number of halogens is 1. The number of H-pyrrole nitrogens is 1. The Morgan fingerprint density at radius 1 is 1.27 bits per heavy atom. The van der Waals surface area contributed by atoms with Crippen molar-refractivity contribution < 1.29 is 14.0 Å². The van der Waals surface area contributed by atoms with Gasteiger partial charge in [-0.1, -0.05) is 42.5 Å². The number of amides is 1. The molecule has 5 rings (SSSR count). The predicted molar refractivity (Wildman–Crippen MR) is 131 cm³/mol. The Hall–Kier alpha value is -4.92. The van der Waals surface area contributed by atoms with Crippen LogP contribution in [0.3, 0.4) is 0 Å². The van der Waals surface area contributed by atoms with E-state index < -0.39 is 17.5 Å². The van der Waals surface area contributed by atoms with Crippen molar-refractivity contribution in [3.8, 4) is 12.0 Å². The molecule has 1 fully saturated rings. The van der Waals surface area contributed by atoms with Crippen LogP contribution in [0.1, 0.15) is 29.3 Å². The molecule has 0 unspecified atom stereocenters. The molecule has 1 aromatic carbocycles. The minimum absolute atomic E-state index is 0.0296. The van der Waals surface area contributed by atoms with Gasteiger partial charge in [-0.3, -0.25) is 9.59 Å². The first kappa shape index (κ1) is 23.8. The number of nitrogens with zero attached hydrogens (tertiary/aromatic N) is 8. The van der Waals surface area contributed by atoms with Crippen LogP contribution in [-0.2, 0) is 4.79 Å². The van der Waals surface area contributed by atoms with Crippen molar-refractivity contribution in [3.63, 3.8) is 0 Å². The van der Waals surface area contributed by atoms with Crippen LogP contribution in [0.4, 0.5) is 4.39 Å². The minimum Gasteiger partial charge on any atom is -0.357 e. The van der Waals surface area contributed by atoms with Crippen molar-refractivity contribution in [3.05, 3.63) is 72.1 Å². The summed E-state index contributed by atoms with van der Waals surface area (Å²) in [4.78, 5) is 41.2. The number of ketones is 1. The van der Waals surface area contributed by atoms with Gasteiger partial charge in [0, 0.05) is 37.4 Å². The van der Waals surface area contributed by atoms with Gasteiger partial charge >= 0.3 is 0 Å². The molecular weight excluding hydrogens is 477 g/mol. The third kappa shape index (κ3) is 4.31. The Bertz CT molecular complexity index is 1520. The highest BCUT2D eigenvalue weighted by Crippen LogP contribution is 2.27. The number of pyridine rings is 1. The molecule has 1 atom stereocenters. The smallest absolute Gasteiger partial charge is 0.295 e. The van der Waals surface area contributed by atoms with Crippen LogP contribution in [0.15, 0.2) is 60.1 Å². The average Bonchev–Trinajstić information content (AvgIpc) is 3.63. The SMILES string of the molecule is CC[C@@H]1CN(C(=NC#N)c2ccccc2)CCN1C(=O)C(=O)c1c[nH]c2c(-n3ccnn3)ncc(F)c12. The fourth-order valence-electron chi connectivity index (χ4n) is 4.63. The Morgan fingerprint density at radius 2 is 2.08 bits per heavy atom. The number of piperazine rings is 1. The lowest BCUT2D eigenvalue weighted by Gasteiger charge is -2.42. The summed E-state index contributed by atoms with van der Waals surface area (Å²) in [6.45, 7) is 2.95. The number of fused-ring (bicyclic) bond motifs is 1. The fourth-order valence-corrected chi connectivity index (χ4v) is 4.63. The molecule has 1 amide bonds. The number of Topliss-reactive ketones (excluding diaryl/α,β-unsaturated/α-hetero) is 1. The normalized spacial score (nSPS) is 16.1. The Morgan fingerprint density at radius 3 is 2.78 bits per heavy atom. The molecule has 0 saturated carbocycles. The van der Waals surface area contributed by atoms with Crippen molar-refractivity contribution in [2.24, 2.45) is 4.99 Å². The van der Waals surface area contributed by atoms with Crippen molar-refractivity contribution >= 4 is 28.4 Å². The van der Waals surface area contributed by atoms with E-state index in [4.69, 9.17) is 0 Å². The summed E-state index contributed by atoms with van der Waals surface area (Å²) in [5.74, 6) is -1.49. The molecule has 12 heteroatoms. The summed E-state index contributed by atoms with van der Waals surface area (Å²) in [5.41, 5.74) is 0.953. The number of amidine groups is 1. The lowest BCUT2D eigenvalue weighted by atomic mass is 10.0. The third-order valence-electron chi connectivity index (χ3n) is 6.42. The summed E-state index contributed by atoms with van der Waals surface area (Å²) in [7, 11) is 0. The number of nitrogens with one attached hydrogen (secondary N) is 1. The molecule has 186 valence electrons. The second-order valence-electron chi connectivity index (χ2n) is 8.47. The van der Waals surface area contributed by atoms with Crippen LogP contribution < -0.4 is 0 Å². The number of aliphatic imine (C=N–C) groups is 1. The number of hydrogen-bond acceptors (Lipinski definition) is 7. The summed E-state index contributed by atoms with van der Waals surface area (Å²) >= 11 is 0. The van der Waals surface area contributed by atoms with Gasteiger partial charge in [0.2, 0.25) is 6.19 Å². The van der Waals surface area contributed by atoms with E-state index in [9.17, 15) is 19.2 Å². The van der Waals surface area contributed by atoms with Crippen molar-refractivity contribution in [2.45, 2.75) is 19.4 Å². The Balaban J connectivity index is 1.41. The van der Waals surface area contributed by atoms with Crippen molar-refractivity contribution in [2.75, 3.05) is 19.6 Å². The van der Waals surface area contributed by atoms with E-state index in [-0.39, 0.29) is 34.9 Å². The number of carbonyl (C=O) groups excluding carboxylic acids is 2. The zero-order valence-corrected chi connectivity index (χ0v) is 19.9. The van der Waals surface area contributed by atoms with E-state index in [1.165, 1.54) is 28.2 Å². The molecule has 1 aliphatic heterocycles. The summed E-state index contributed by atoms with van der Waals surface area (Å²) in [6, 6.07) is 9.03. The van der Waals surface area contributed by atoms with Crippen molar-refractivity contribution in [1.82, 2.24) is 34.8 Å². The van der Waals surface area contributed by atoms with Gasteiger partial charge in [0.1, 0.15) is 5.84 Å². The number of nitriles is 1. The van der Waals surface area contributed by atoms with Gasteiger partial charge in [-0.15, -0.1) is 5.10 Å². The first-order valence-corrected chi connectivity index (χ1v) is 11.7. The summed E-state index contributed by atoms with van der Waals surface area (Å²) in [6.07, 6.45) is 7.73. The summed E-state index contributed by atoms with van der Waals surface area (Å²) in [5, 5.41) is 16.8. The molecule has 0 aliphatic carbocycles. The van der Waals surface area contributed by atoms with Crippen LogP contribution in [-0.4, -0.2) is 78.0 Å². The highest BCUT2D eigenvalue weighted by atomic mass is 19.1. The Kier molecular flexibility index (Phi) is 6.42. The van der Waals surface area contributed by atoms with E-state index in [0.29, 0.717) is 25.3 Å². The second-order valence-corrected chi connectivity index (χ2v) is 8.47. The van der Waals surface area contributed by atoms with Gasteiger partial charge in [-0.2, -0.15) is 10.3 Å². The zero-order chi connectivity index (χ0) is 25.9. The monoisotopic (exact) mass is 499 g/mol. The van der Waals surface area contributed by atoms with Crippen molar-refractivity contribution in [1.29, 1.82) is 5.26 Å². The van der Waals surface area contributed by atoms with Gasteiger partial charge in [-0.05, 0) is 6.42 Å². The van der Waals surface area contributed by atoms with E-state index >= 15 is 0 Å². The van der Waals surface area contributed by atoms with Gasteiger partial charge in [-0.25, -0.2) is 14.1 Å². The maximum Gasteiger partial charge on any atom is 0.295 e. The molecule has 4 aromatic rings. The average molecular weight is 500 g/mol. The highest BCUT2D eigenvalue weighted by Gasteiger charge is 2.35. The first-order chi connectivity index (χ1) is 18.0. The van der Waals surface area contributed by atoms with E-state index in [1.807, 2.05) is 48.3 Å². The minimum atomic E-state index is -0.818. The van der Waals surface area contributed by atoms with Crippen LogP contribution >= 0.6 is 0 Å². The Labute approximate surface area is 210 Å². The molecule has 0 spiro atoms.